The van der Waals surface area contributed by atoms with Crippen LogP contribution in [0.1, 0.15) is 31.0 Å². The molecule has 0 saturated carbocycles. The normalized spacial score (nSPS) is 11.2. The molecule has 0 fully saturated rings. The van der Waals surface area contributed by atoms with Gasteiger partial charge >= 0.3 is 5.69 Å². The van der Waals surface area contributed by atoms with Gasteiger partial charge in [-0.05, 0) is 52.9 Å². The van der Waals surface area contributed by atoms with E-state index in [2.05, 4.69) is 27.5 Å². The minimum absolute atomic E-state index is 0.0542. The number of hydrogen-bond acceptors (Lipinski definition) is 4. The molecule has 1 N–H and O–H groups in total. The smallest absolute Gasteiger partial charge is 0.292 e. The van der Waals surface area contributed by atoms with E-state index in [0.29, 0.717) is 12.2 Å². The predicted octanol–water partition coefficient (Wildman–Crippen LogP) is 5.67. The van der Waals surface area contributed by atoms with Crippen LogP contribution in [0.5, 0.6) is 0 Å². The zero-order chi connectivity index (χ0) is 25.1. The van der Waals surface area contributed by atoms with Crippen molar-refractivity contribution in [2.45, 2.75) is 32.7 Å². The Morgan fingerprint density at radius 3 is 2.58 bits per heavy atom. The fourth-order valence-electron chi connectivity index (χ4n) is 4.31. The minimum atomic E-state index is -0.552. The maximum absolute atomic E-state index is 14.7. The molecular formula is C27H24ClFN6O. The molecule has 0 aliphatic carbocycles. The van der Waals surface area contributed by atoms with Gasteiger partial charge < -0.3 is 0 Å². The van der Waals surface area contributed by atoms with Gasteiger partial charge in [0, 0.05) is 17.5 Å². The molecule has 2 heterocycles. The molecule has 0 bridgehead atoms. The zero-order valence-corrected chi connectivity index (χ0v) is 20.4. The lowest BCUT2D eigenvalue weighted by Crippen LogP contribution is -2.25. The Balaban J connectivity index is 1.63. The monoisotopic (exact) mass is 502 g/mol. The average molecular weight is 503 g/mol. The molecular weight excluding hydrogens is 479 g/mol. The SMILES string of the molecule is CCCCc1cn(-c2c(F)cccc2Cl)c(=O)n1Cc1ccc(-c2ccccc2)cc1-c1nn[nH]n1. The Bertz CT molecular complexity index is 1520. The lowest BCUT2D eigenvalue weighted by Gasteiger charge is -2.12. The summed E-state index contributed by atoms with van der Waals surface area (Å²) in [4.78, 5) is 13.6. The van der Waals surface area contributed by atoms with Crippen LogP contribution in [0.4, 0.5) is 4.39 Å². The average Bonchev–Trinajstić information content (AvgIpc) is 3.53. The molecule has 0 atom stereocenters. The van der Waals surface area contributed by atoms with Crippen LogP contribution in [0.15, 0.2) is 77.7 Å². The highest BCUT2D eigenvalue weighted by Crippen LogP contribution is 2.29. The first-order valence-electron chi connectivity index (χ1n) is 11.7. The Hall–Kier alpha value is -4.04. The van der Waals surface area contributed by atoms with Gasteiger partial charge in [-0.1, -0.05) is 73.5 Å². The van der Waals surface area contributed by atoms with Crippen molar-refractivity contribution in [3.05, 3.63) is 106 Å². The van der Waals surface area contributed by atoms with E-state index in [1.165, 1.54) is 16.7 Å². The number of halogens is 2. The third-order valence-corrected chi connectivity index (χ3v) is 6.46. The fraction of sp³-hybridized carbons (Fsp3) is 0.185. The molecule has 0 aliphatic heterocycles. The van der Waals surface area contributed by atoms with E-state index >= 15 is 0 Å². The van der Waals surface area contributed by atoms with Crippen LogP contribution in [-0.2, 0) is 13.0 Å². The number of aromatic nitrogens is 6. The highest BCUT2D eigenvalue weighted by molar-refractivity contribution is 6.32. The van der Waals surface area contributed by atoms with E-state index in [-0.39, 0.29) is 22.9 Å². The molecule has 36 heavy (non-hydrogen) atoms. The summed E-state index contributed by atoms with van der Waals surface area (Å²) in [6.07, 6.45) is 4.21. The fourth-order valence-corrected chi connectivity index (χ4v) is 4.57. The maximum Gasteiger partial charge on any atom is 0.333 e. The van der Waals surface area contributed by atoms with Crippen LogP contribution in [0.25, 0.3) is 28.2 Å². The molecule has 0 spiro atoms. The van der Waals surface area contributed by atoms with Crippen molar-refractivity contribution in [2.24, 2.45) is 0 Å². The maximum atomic E-state index is 14.7. The number of hydrogen-bond donors (Lipinski definition) is 1. The van der Waals surface area contributed by atoms with Crippen LogP contribution < -0.4 is 5.69 Å². The largest absolute Gasteiger partial charge is 0.333 e. The van der Waals surface area contributed by atoms with Gasteiger partial charge in [-0.2, -0.15) is 5.21 Å². The Morgan fingerprint density at radius 2 is 1.86 bits per heavy atom. The third kappa shape index (κ3) is 4.59. The summed E-state index contributed by atoms with van der Waals surface area (Å²) in [7, 11) is 0. The molecule has 0 amide bonds. The number of nitrogens with one attached hydrogen (secondary N) is 1. The van der Waals surface area contributed by atoms with E-state index in [4.69, 9.17) is 11.6 Å². The van der Waals surface area contributed by atoms with Crippen molar-refractivity contribution in [3.8, 4) is 28.2 Å². The molecule has 9 heteroatoms. The minimum Gasteiger partial charge on any atom is -0.292 e. The summed E-state index contributed by atoms with van der Waals surface area (Å²) < 4.78 is 17.7. The van der Waals surface area contributed by atoms with Crippen molar-refractivity contribution in [2.75, 3.05) is 0 Å². The standard InChI is InChI=1S/C27H24ClFN6O/c1-2-3-10-21-17-35(25-23(28)11-7-12-24(25)29)27(36)34(21)16-20-14-13-19(18-8-5-4-6-9-18)15-22(20)26-30-32-33-31-26/h4-9,11-15,17H,2-3,10,16H2,1H3,(H,30,31,32,33). The number of para-hydroxylation sites is 1. The number of nitrogens with zero attached hydrogens (tertiary/aromatic N) is 5. The molecule has 0 aliphatic rings. The summed E-state index contributed by atoms with van der Waals surface area (Å²) in [5.74, 6) is -0.119. The van der Waals surface area contributed by atoms with Gasteiger partial charge in [0.2, 0.25) is 5.82 Å². The molecule has 0 radical (unpaired) electrons. The number of H-pyrrole nitrogens is 1. The van der Waals surface area contributed by atoms with Crippen molar-refractivity contribution in [1.82, 2.24) is 29.8 Å². The number of aromatic amines is 1. The quantitative estimate of drug-likeness (QED) is 0.296. The lowest BCUT2D eigenvalue weighted by molar-refractivity contribution is 0.613. The molecule has 7 nitrogen and oxygen atoms in total. The molecule has 2 aromatic heterocycles. The van der Waals surface area contributed by atoms with E-state index in [0.717, 1.165) is 40.8 Å². The summed E-state index contributed by atoms with van der Waals surface area (Å²) >= 11 is 6.29. The topological polar surface area (TPSA) is 81.4 Å². The second-order valence-corrected chi connectivity index (χ2v) is 8.91. The Kier molecular flexibility index (Phi) is 6.77. The number of aryl methyl sites for hydroxylation is 1. The van der Waals surface area contributed by atoms with Crippen LogP contribution in [0.2, 0.25) is 5.02 Å². The highest BCUT2D eigenvalue weighted by atomic mass is 35.5. The summed E-state index contributed by atoms with van der Waals surface area (Å²) in [5.41, 5.74) is 4.14. The van der Waals surface area contributed by atoms with Gasteiger partial charge in [0.1, 0.15) is 11.5 Å². The summed E-state index contributed by atoms with van der Waals surface area (Å²) in [5, 5.41) is 14.8. The van der Waals surface area contributed by atoms with Crippen molar-refractivity contribution < 1.29 is 4.39 Å². The predicted molar refractivity (Wildman–Crippen MR) is 138 cm³/mol. The van der Waals surface area contributed by atoms with Gasteiger partial charge in [0.25, 0.3) is 0 Å². The number of rotatable bonds is 8. The van der Waals surface area contributed by atoms with E-state index in [1.54, 1.807) is 16.8 Å². The van der Waals surface area contributed by atoms with Crippen LogP contribution in [0, 0.1) is 5.82 Å². The van der Waals surface area contributed by atoms with E-state index < -0.39 is 5.82 Å². The van der Waals surface area contributed by atoms with Crippen molar-refractivity contribution in [3.63, 3.8) is 0 Å². The van der Waals surface area contributed by atoms with Crippen LogP contribution in [-0.4, -0.2) is 29.8 Å². The third-order valence-electron chi connectivity index (χ3n) is 6.16. The Morgan fingerprint density at radius 1 is 1.03 bits per heavy atom. The zero-order valence-electron chi connectivity index (χ0n) is 19.7. The van der Waals surface area contributed by atoms with Crippen molar-refractivity contribution >= 4 is 11.6 Å². The first kappa shape index (κ1) is 23.7. The molecule has 3 aromatic carbocycles. The van der Waals surface area contributed by atoms with E-state index in [9.17, 15) is 9.18 Å². The molecule has 5 rings (SSSR count). The first-order valence-corrected chi connectivity index (χ1v) is 12.1. The summed E-state index contributed by atoms with van der Waals surface area (Å²) in [6, 6.07) is 20.4. The number of benzene rings is 3. The second-order valence-electron chi connectivity index (χ2n) is 8.51. The molecule has 182 valence electrons. The number of tetrazole rings is 1. The lowest BCUT2D eigenvalue weighted by atomic mass is 9.98. The molecule has 0 saturated heterocycles. The van der Waals surface area contributed by atoms with Gasteiger partial charge in [0.15, 0.2) is 0 Å². The van der Waals surface area contributed by atoms with Gasteiger partial charge in [-0.15, -0.1) is 10.2 Å². The number of imidazole rings is 1. The van der Waals surface area contributed by atoms with Crippen LogP contribution in [0.3, 0.4) is 0 Å². The van der Waals surface area contributed by atoms with Gasteiger partial charge in [-0.3, -0.25) is 9.13 Å². The first-order chi connectivity index (χ1) is 17.6. The van der Waals surface area contributed by atoms with Gasteiger partial charge in [-0.25, -0.2) is 9.18 Å². The Labute approximate surface area is 212 Å². The van der Waals surface area contributed by atoms with Gasteiger partial charge in [0.05, 0.1) is 11.6 Å². The van der Waals surface area contributed by atoms with E-state index in [1.807, 2.05) is 48.5 Å². The van der Waals surface area contributed by atoms with Crippen LogP contribution >= 0.6 is 11.6 Å². The highest BCUT2D eigenvalue weighted by Gasteiger charge is 2.20. The second kappa shape index (κ2) is 10.3. The molecule has 0 unspecified atom stereocenters. The summed E-state index contributed by atoms with van der Waals surface area (Å²) in [6.45, 7) is 2.35. The van der Waals surface area contributed by atoms with Crippen molar-refractivity contribution in [1.29, 1.82) is 0 Å². The number of unbranched alkanes of at least 4 members (excludes halogenated alkanes) is 1. The molecule has 5 aromatic rings.